The molecule has 0 unspecified atom stereocenters. The number of benzene rings is 1. The second-order valence-corrected chi connectivity index (χ2v) is 5.55. The first-order chi connectivity index (χ1) is 13.7. The van der Waals surface area contributed by atoms with Gasteiger partial charge < -0.3 is 14.5 Å². The van der Waals surface area contributed by atoms with Gasteiger partial charge in [0.25, 0.3) is 5.91 Å². The summed E-state index contributed by atoms with van der Waals surface area (Å²) in [5.41, 5.74) is 0.0993. The predicted molar refractivity (Wildman–Crippen MR) is 85.1 cm³/mol. The van der Waals surface area contributed by atoms with Crippen LogP contribution in [0.25, 0.3) is 0 Å². The minimum atomic E-state index is -2.31. The zero-order valence-corrected chi connectivity index (χ0v) is 14.4. The van der Waals surface area contributed by atoms with Crippen LogP contribution in [-0.4, -0.2) is 15.7 Å². The van der Waals surface area contributed by atoms with Gasteiger partial charge in [-0.3, -0.25) is 9.48 Å². The Bertz CT molecular complexity index is 1120. The molecule has 29 heavy (non-hydrogen) atoms. The number of nitriles is 1. The number of furan rings is 1. The number of nitrogens with one attached hydrogen (secondary N) is 1. The van der Waals surface area contributed by atoms with E-state index >= 15 is 0 Å². The lowest BCUT2D eigenvalue weighted by Crippen LogP contribution is -2.14. The number of anilines is 1. The fraction of sp³-hybridized carbons (Fsp3) is 0.118. The summed E-state index contributed by atoms with van der Waals surface area (Å²) in [6, 6.07) is 4.23. The van der Waals surface area contributed by atoms with Gasteiger partial charge in [0.1, 0.15) is 29.8 Å². The van der Waals surface area contributed by atoms with Crippen LogP contribution in [-0.2, 0) is 13.7 Å². The Morgan fingerprint density at radius 1 is 1.17 bits per heavy atom. The summed E-state index contributed by atoms with van der Waals surface area (Å²) in [6.45, 7) is -0.721. The number of hydrogen-bond acceptors (Lipinski definition) is 5. The summed E-state index contributed by atoms with van der Waals surface area (Å²) in [6.07, 6.45) is 1.24. The van der Waals surface area contributed by atoms with E-state index in [1.807, 2.05) is 6.07 Å². The number of ether oxygens (including phenoxy) is 1. The number of carbonyl (C=O) groups is 1. The Kier molecular flexibility index (Phi) is 5.22. The lowest BCUT2D eigenvalue weighted by molar-refractivity contribution is 0.0991. The molecule has 12 heteroatoms. The second-order valence-electron chi connectivity index (χ2n) is 5.55. The second kappa shape index (κ2) is 7.63. The third-order valence-electron chi connectivity index (χ3n) is 3.70. The number of nitrogens with zero attached hydrogens (tertiary/aromatic N) is 3. The monoisotopic (exact) mass is 412 g/mol. The Morgan fingerprint density at radius 2 is 1.79 bits per heavy atom. The van der Waals surface area contributed by atoms with E-state index in [0.29, 0.717) is 0 Å². The van der Waals surface area contributed by atoms with Crippen LogP contribution >= 0.6 is 0 Å². The minimum absolute atomic E-state index is 0.0993. The molecule has 3 rings (SSSR count). The van der Waals surface area contributed by atoms with E-state index in [9.17, 15) is 26.7 Å². The van der Waals surface area contributed by atoms with Crippen molar-refractivity contribution in [2.24, 2.45) is 7.05 Å². The molecule has 0 saturated carbocycles. The van der Waals surface area contributed by atoms with Crippen LogP contribution in [0.15, 0.2) is 22.7 Å². The van der Waals surface area contributed by atoms with Crippen LogP contribution < -0.4 is 10.1 Å². The van der Waals surface area contributed by atoms with Crippen molar-refractivity contribution in [1.29, 1.82) is 5.26 Å². The maximum atomic E-state index is 13.6. The number of hydrogen-bond donors (Lipinski definition) is 1. The highest BCUT2D eigenvalue weighted by molar-refractivity contribution is 6.02. The van der Waals surface area contributed by atoms with E-state index in [1.54, 1.807) is 0 Å². The fourth-order valence-corrected chi connectivity index (χ4v) is 2.27. The van der Waals surface area contributed by atoms with Crippen LogP contribution in [0.4, 0.5) is 27.8 Å². The number of aryl methyl sites for hydroxylation is 1. The van der Waals surface area contributed by atoms with Gasteiger partial charge in [0.05, 0.1) is 6.20 Å². The summed E-state index contributed by atoms with van der Waals surface area (Å²) in [5.74, 6) is -13.4. The van der Waals surface area contributed by atoms with Gasteiger partial charge in [-0.15, -0.1) is 0 Å². The first-order valence-electron chi connectivity index (χ1n) is 7.71. The smallest absolute Gasteiger partial charge is 0.292 e. The number of halogens is 5. The van der Waals surface area contributed by atoms with Crippen molar-refractivity contribution in [2.75, 3.05) is 5.32 Å². The molecule has 0 aliphatic heterocycles. The van der Waals surface area contributed by atoms with E-state index < -0.39 is 47.3 Å². The molecule has 0 atom stereocenters. The molecule has 1 aromatic carbocycles. The van der Waals surface area contributed by atoms with Crippen molar-refractivity contribution in [3.05, 3.63) is 64.5 Å². The first-order valence-corrected chi connectivity index (χ1v) is 7.71. The minimum Gasteiger partial charge on any atom is -0.479 e. The van der Waals surface area contributed by atoms with Crippen LogP contribution in [0.1, 0.15) is 21.9 Å². The molecule has 7 nitrogen and oxygen atoms in total. The molecule has 0 bridgehead atoms. The molecule has 0 spiro atoms. The van der Waals surface area contributed by atoms with Crippen molar-refractivity contribution in [1.82, 2.24) is 9.78 Å². The average Bonchev–Trinajstić information content (AvgIpc) is 3.32. The summed E-state index contributed by atoms with van der Waals surface area (Å²) < 4.78 is 77.5. The van der Waals surface area contributed by atoms with Gasteiger partial charge >= 0.3 is 0 Å². The van der Waals surface area contributed by atoms with Gasteiger partial charge in [0.15, 0.2) is 11.5 Å². The third-order valence-corrected chi connectivity index (χ3v) is 3.70. The Morgan fingerprint density at radius 3 is 2.41 bits per heavy atom. The maximum Gasteiger partial charge on any atom is 0.292 e. The van der Waals surface area contributed by atoms with Gasteiger partial charge in [0.2, 0.25) is 29.1 Å². The summed E-state index contributed by atoms with van der Waals surface area (Å²) in [4.78, 5) is 12.2. The highest BCUT2D eigenvalue weighted by Gasteiger charge is 2.27. The molecule has 2 aromatic heterocycles. The molecular weight excluding hydrogens is 403 g/mol. The number of amides is 1. The number of carbonyl (C=O) groups excluding carboxylic acids is 1. The third kappa shape index (κ3) is 3.62. The van der Waals surface area contributed by atoms with Gasteiger partial charge in [-0.2, -0.15) is 19.1 Å². The van der Waals surface area contributed by atoms with Crippen LogP contribution in [0, 0.1) is 40.4 Å². The van der Waals surface area contributed by atoms with Crippen molar-refractivity contribution in [3.8, 4) is 11.8 Å². The van der Waals surface area contributed by atoms with E-state index in [2.05, 4.69) is 15.2 Å². The molecule has 1 N–H and O–H groups in total. The van der Waals surface area contributed by atoms with Gasteiger partial charge in [-0.25, -0.2) is 13.2 Å². The lowest BCUT2D eigenvalue weighted by atomic mass is 10.2. The molecule has 0 aliphatic carbocycles. The molecule has 150 valence electrons. The summed E-state index contributed by atoms with van der Waals surface area (Å²) in [5, 5.41) is 15.2. The average molecular weight is 412 g/mol. The fourth-order valence-electron chi connectivity index (χ4n) is 2.27. The van der Waals surface area contributed by atoms with Crippen molar-refractivity contribution < 1.29 is 35.9 Å². The Hall–Kier alpha value is -3.88. The summed E-state index contributed by atoms with van der Waals surface area (Å²) >= 11 is 0. The van der Waals surface area contributed by atoms with Gasteiger partial charge in [0, 0.05) is 7.05 Å². The van der Waals surface area contributed by atoms with E-state index in [-0.39, 0.29) is 22.9 Å². The van der Waals surface area contributed by atoms with Crippen LogP contribution in [0.2, 0.25) is 0 Å². The van der Waals surface area contributed by atoms with E-state index in [1.165, 1.54) is 30.1 Å². The maximum absolute atomic E-state index is 13.6. The molecule has 2 heterocycles. The standard InChI is InChI=1S/C17H9F5N4O3/c1-26-16(7(4-23)5-24-26)25-17(27)9-3-2-8(29-9)6-28-15-13(21)11(19)10(18)12(20)14(15)22/h2-3,5H,6H2,1H3,(H,25,27). The Labute approximate surface area is 158 Å². The van der Waals surface area contributed by atoms with Crippen molar-refractivity contribution in [2.45, 2.75) is 6.61 Å². The molecule has 1 amide bonds. The van der Waals surface area contributed by atoms with E-state index in [4.69, 9.17) is 9.68 Å². The first kappa shape index (κ1) is 19.9. The molecular formula is C17H9F5N4O3. The van der Waals surface area contributed by atoms with Crippen molar-refractivity contribution >= 4 is 11.7 Å². The quantitative estimate of drug-likeness (QED) is 0.394. The highest BCUT2D eigenvalue weighted by Crippen LogP contribution is 2.29. The topological polar surface area (TPSA) is 93.1 Å². The molecule has 0 aliphatic rings. The highest BCUT2D eigenvalue weighted by atomic mass is 19.2. The van der Waals surface area contributed by atoms with Gasteiger partial charge in [-0.1, -0.05) is 0 Å². The van der Waals surface area contributed by atoms with Crippen LogP contribution in [0.3, 0.4) is 0 Å². The molecule has 0 fully saturated rings. The SMILES string of the molecule is Cn1ncc(C#N)c1NC(=O)c1ccc(COc2c(F)c(F)c(F)c(F)c2F)o1. The molecule has 0 saturated heterocycles. The molecule has 0 radical (unpaired) electrons. The van der Waals surface area contributed by atoms with Crippen LogP contribution in [0.5, 0.6) is 5.75 Å². The zero-order chi connectivity index (χ0) is 21.3. The lowest BCUT2D eigenvalue weighted by Gasteiger charge is -2.09. The molecule has 3 aromatic rings. The van der Waals surface area contributed by atoms with E-state index in [0.717, 1.165) is 0 Å². The normalized spacial score (nSPS) is 10.7. The van der Waals surface area contributed by atoms with Crippen molar-refractivity contribution in [3.63, 3.8) is 0 Å². The zero-order valence-electron chi connectivity index (χ0n) is 14.4. The van der Waals surface area contributed by atoms with Gasteiger partial charge in [-0.05, 0) is 12.1 Å². The predicted octanol–water partition coefficient (Wildman–Crippen LogP) is 3.41. The number of rotatable bonds is 5. The summed E-state index contributed by atoms with van der Waals surface area (Å²) in [7, 11) is 1.49. The number of aromatic nitrogens is 2. The largest absolute Gasteiger partial charge is 0.479 e. The Balaban J connectivity index is 1.74.